The molecule has 2 atom stereocenters. The average molecular weight is 721 g/mol. The van der Waals surface area contributed by atoms with Gasteiger partial charge in [0.2, 0.25) is 0 Å². The van der Waals surface area contributed by atoms with Crippen LogP contribution in [0.4, 0.5) is 17.1 Å². The first-order chi connectivity index (χ1) is 27.8. The average Bonchev–Trinajstić information content (AvgIpc) is 3.62. The van der Waals surface area contributed by atoms with E-state index in [4.69, 9.17) is 0 Å². The lowest BCUT2D eigenvalue weighted by Gasteiger charge is -2.36. The second-order valence-electron chi connectivity index (χ2n) is 15.1. The maximum atomic E-state index is 2.57. The maximum absolute atomic E-state index is 2.57. The smallest absolute Gasteiger partial charge is 0.0653 e. The Balaban J connectivity index is 0.974. The molecule has 1 heterocycles. The normalized spacial score (nSPS) is 18.3. The molecule has 2 heteroatoms. The topological polar surface area (TPSA) is 6.48 Å². The van der Waals surface area contributed by atoms with Crippen LogP contribution in [0.25, 0.3) is 39.0 Å². The minimum atomic E-state index is 0.174. The third kappa shape index (κ3) is 6.48. The van der Waals surface area contributed by atoms with Crippen LogP contribution in [0.15, 0.2) is 223 Å². The van der Waals surface area contributed by atoms with Crippen molar-refractivity contribution in [1.29, 1.82) is 0 Å². The number of benzene rings is 6. The molecule has 2 nitrogen and oxygen atoms in total. The summed E-state index contributed by atoms with van der Waals surface area (Å²) in [6.45, 7) is 0. The van der Waals surface area contributed by atoms with Crippen molar-refractivity contribution in [3.63, 3.8) is 0 Å². The van der Waals surface area contributed by atoms with Crippen molar-refractivity contribution in [2.75, 3.05) is 9.80 Å². The van der Waals surface area contributed by atoms with E-state index in [1.54, 1.807) is 0 Å². The van der Waals surface area contributed by atoms with E-state index < -0.39 is 0 Å². The number of anilines is 3. The zero-order valence-electron chi connectivity index (χ0n) is 31.5. The summed E-state index contributed by atoms with van der Waals surface area (Å²) in [5, 5.41) is 0. The van der Waals surface area contributed by atoms with Crippen LogP contribution >= 0.6 is 0 Å². The summed E-state index contributed by atoms with van der Waals surface area (Å²) in [4.78, 5) is 5.07. The molecule has 0 aromatic heterocycles. The molecule has 56 heavy (non-hydrogen) atoms. The molecule has 0 amide bonds. The van der Waals surface area contributed by atoms with Crippen LogP contribution in [0.1, 0.15) is 31.2 Å². The summed E-state index contributed by atoms with van der Waals surface area (Å²) < 4.78 is 0. The minimum Gasteiger partial charge on any atom is -0.333 e. The SMILES string of the molecule is C1=CC(C2C=CC(N(C3=CC=C4c5ccccc5N(c5ccc(-c6ccc(-c7ccccc7)cc6)cc5)C4C3)c3ccc(-c4ccccc4)cc3)=CC2)=CCC1. The van der Waals surface area contributed by atoms with Crippen LogP contribution < -0.4 is 9.80 Å². The third-order valence-electron chi connectivity index (χ3n) is 11.8. The van der Waals surface area contributed by atoms with Crippen molar-refractivity contribution >= 4 is 22.6 Å². The van der Waals surface area contributed by atoms with Crippen molar-refractivity contribution < 1.29 is 0 Å². The number of rotatable bonds is 8. The molecule has 6 aromatic carbocycles. The molecule has 0 saturated heterocycles. The highest BCUT2D eigenvalue weighted by molar-refractivity contribution is 5.94. The Morgan fingerprint density at radius 1 is 0.518 bits per heavy atom. The van der Waals surface area contributed by atoms with Gasteiger partial charge in [-0.3, -0.25) is 0 Å². The highest BCUT2D eigenvalue weighted by Crippen LogP contribution is 2.49. The molecular weight excluding hydrogens is 677 g/mol. The van der Waals surface area contributed by atoms with Gasteiger partial charge in [-0.15, -0.1) is 0 Å². The van der Waals surface area contributed by atoms with Gasteiger partial charge in [0.05, 0.1) is 6.04 Å². The van der Waals surface area contributed by atoms with E-state index in [0.717, 1.165) is 25.7 Å². The lowest BCUT2D eigenvalue weighted by Crippen LogP contribution is -2.33. The zero-order chi connectivity index (χ0) is 37.3. The monoisotopic (exact) mass is 720 g/mol. The summed E-state index contributed by atoms with van der Waals surface area (Å²) in [7, 11) is 0. The van der Waals surface area contributed by atoms with E-state index in [2.05, 4.69) is 216 Å². The molecule has 0 saturated carbocycles. The molecule has 0 fully saturated rings. The molecule has 4 aliphatic rings. The second-order valence-corrected chi connectivity index (χ2v) is 15.1. The van der Waals surface area contributed by atoms with Crippen LogP contribution in [-0.2, 0) is 0 Å². The number of fused-ring (bicyclic) bond motifs is 3. The van der Waals surface area contributed by atoms with Crippen LogP contribution in [0.3, 0.4) is 0 Å². The van der Waals surface area contributed by atoms with E-state index in [0.29, 0.717) is 5.92 Å². The van der Waals surface area contributed by atoms with Crippen LogP contribution in [0.2, 0.25) is 0 Å². The van der Waals surface area contributed by atoms with E-state index in [1.165, 1.54) is 78.5 Å². The van der Waals surface area contributed by atoms with Crippen molar-refractivity contribution in [3.8, 4) is 33.4 Å². The fourth-order valence-electron chi connectivity index (χ4n) is 8.90. The van der Waals surface area contributed by atoms with E-state index >= 15 is 0 Å². The standard InChI is InChI=1S/C54H44N2/c1-4-12-39(13-5-1)42-20-22-43(23-21-42)46-28-34-49(35-29-46)56-53-19-11-10-18-51(53)52-37-36-50(38-54(52)56)55(47-30-24-44(25-31-47)40-14-6-2-7-15-40)48-32-26-45(27-33-48)41-16-8-3-9-17-41/h1-2,4-8,10-26,28-37,45,54H,3,9,27,38H2. The summed E-state index contributed by atoms with van der Waals surface area (Å²) in [5.41, 5.74) is 17.7. The van der Waals surface area contributed by atoms with E-state index in [1.807, 2.05) is 0 Å². The highest BCUT2D eigenvalue weighted by atomic mass is 15.2. The zero-order valence-corrected chi connectivity index (χ0v) is 31.5. The minimum absolute atomic E-state index is 0.174. The molecule has 0 bridgehead atoms. The molecule has 10 rings (SSSR count). The van der Waals surface area contributed by atoms with Gasteiger partial charge >= 0.3 is 0 Å². The first-order valence-corrected chi connectivity index (χ1v) is 20.0. The van der Waals surface area contributed by atoms with Crippen molar-refractivity contribution in [3.05, 3.63) is 229 Å². The summed E-state index contributed by atoms with van der Waals surface area (Å²) in [6, 6.07) is 57.6. The van der Waals surface area contributed by atoms with Gasteiger partial charge < -0.3 is 9.80 Å². The highest BCUT2D eigenvalue weighted by Gasteiger charge is 2.38. The number of hydrogen-bond acceptors (Lipinski definition) is 2. The van der Waals surface area contributed by atoms with Gasteiger partial charge in [0, 0.05) is 46.4 Å². The Bertz CT molecular complexity index is 2550. The molecule has 1 aliphatic heterocycles. The number of nitrogens with zero attached hydrogens (tertiary/aromatic N) is 2. The molecule has 2 unspecified atom stereocenters. The molecular formula is C54H44N2. The van der Waals surface area contributed by atoms with Gasteiger partial charge in [0.15, 0.2) is 0 Å². The lowest BCUT2D eigenvalue weighted by molar-refractivity contribution is 0.747. The van der Waals surface area contributed by atoms with Crippen LogP contribution in [0, 0.1) is 5.92 Å². The third-order valence-corrected chi connectivity index (χ3v) is 11.8. The van der Waals surface area contributed by atoms with Crippen LogP contribution in [-0.4, -0.2) is 6.04 Å². The lowest BCUT2D eigenvalue weighted by atomic mass is 9.87. The largest absolute Gasteiger partial charge is 0.333 e. The van der Waals surface area contributed by atoms with E-state index in [-0.39, 0.29) is 6.04 Å². The van der Waals surface area contributed by atoms with Crippen molar-refractivity contribution in [1.82, 2.24) is 0 Å². The van der Waals surface area contributed by atoms with Gasteiger partial charge in [0.1, 0.15) is 0 Å². The maximum Gasteiger partial charge on any atom is 0.0653 e. The van der Waals surface area contributed by atoms with Crippen molar-refractivity contribution in [2.45, 2.75) is 31.7 Å². The summed E-state index contributed by atoms with van der Waals surface area (Å²) in [6.07, 6.45) is 23.2. The number of para-hydroxylation sites is 1. The molecule has 270 valence electrons. The molecule has 0 N–H and O–H groups in total. The fourth-order valence-corrected chi connectivity index (χ4v) is 8.90. The first-order valence-electron chi connectivity index (χ1n) is 20.0. The number of hydrogen-bond donors (Lipinski definition) is 0. The molecule has 3 aliphatic carbocycles. The molecule has 6 aromatic rings. The Morgan fingerprint density at radius 2 is 1.11 bits per heavy atom. The van der Waals surface area contributed by atoms with Gasteiger partial charge in [-0.2, -0.15) is 0 Å². The van der Waals surface area contributed by atoms with E-state index in [9.17, 15) is 0 Å². The summed E-state index contributed by atoms with van der Waals surface area (Å²) in [5.74, 6) is 0.425. The van der Waals surface area contributed by atoms with Crippen LogP contribution in [0.5, 0.6) is 0 Å². The Morgan fingerprint density at radius 3 is 1.71 bits per heavy atom. The Kier molecular flexibility index (Phi) is 9.01. The second kappa shape index (κ2) is 14.9. The van der Waals surface area contributed by atoms with Gasteiger partial charge in [0.25, 0.3) is 0 Å². The van der Waals surface area contributed by atoms with Crippen molar-refractivity contribution in [2.24, 2.45) is 5.92 Å². The summed E-state index contributed by atoms with van der Waals surface area (Å²) >= 11 is 0. The first kappa shape index (κ1) is 33.9. The predicted molar refractivity (Wildman–Crippen MR) is 237 cm³/mol. The fraction of sp³-hybridized carbons (Fsp3) is 0.111. The Labute approximate surface area is 331 Å². The molecule has 0 radical (unpaired) electrons. The Hall–Kier alpha value is -6.64. The predicted octanol–water partition coefficient (Wildman–Crippen LogP) is 14.1. The quantitative estimate of drug-likeness (QED) is 0.154. The number of allylic oxidation sites excluding steroid dienone is 9. The van der Waals surface area contributed by atoms with Gasteiger partial charge in [-0.1, -0.05) is 164 Å². The van der Waals surface area contributed by atoms with Gasteiger partial charge in [-0.25, -0.2) is 0 Å². The molecule has 0 spiro atoms. The van der Waals surface area contributed by atoms with Gasteiger partial charge in [-0.05, 0) is 106 Å².